The average molecular weight is 271 g/mol. The second-order valence-corrected chi connectivity index (χ2v) is 6.03. The lowest BCUT2D eigenvalue weighted by Gasteiger charge is -2.15. The third-order valence-corrected chi connectivity index (χ3v) is 5.04. The molecule has 0 aromatic carbocycles. The van der Waals surface area contributed by atoms with Gasteiger partial charge in [-0.05, 0) is 24.7 Å². The predicted molar refractivity (Wildman–Crippen MR) is 70.2 cm³/mol. The normalized spacial score (nSPS) is 27.5. The van der Waals surface area contributed by atoms with Crippen molar-refractivity contribution >= 4 is 33.9 Å². The van der Waals surface area contributed by atoms with Gasteiger partial charge in [0, 0.05) is 18.5 Å². The van der Waals surface area contributed by atoms with Crippen LogP contribution < -0.4 is 4.90 Å². The summed E-state index contributed by atoms with van der Waals surface area (Å²) in [7, 11) is 0. The molecule has 2 aliphatic rings. The van der Waals surface area contributed by atoms with Crippen molar-refractivity contribution in [2.75, 3.05) is 23.9 Å². The highest BCUT2D eigenvalue weighted by Crippen LogP contribution is 2.40. The molecule has 2 fully saturated rings. The van der Waals surface area contributed by atoms with Crippen molar-refractivity contribution in [2.45, 2.75) is 19.3 Å². The van der Waals surface area contributed by atoms with Crippen LogP contribution in [-0.2, 0) is 0 Å². The lowest BCUT2D eigenvalue weighted by molar-refractivity contribution is 0.101. The van der Waals surface area contributed by atoms with Gasteiger partial charge in [-0.15, -0.1) is 22.9 Å². The second-order valence-electron chi connectivity index (χ2n) is 4.93. The predicted octanol–water partition coefficient (Wildman–Crippen LogP) is 2.80. The highest BCUT2D eigenvalue weighted by molar-refractivity contribution is 7.14. The van der Waals surface area contributed by atoms with E-state index in [4.69, 9.17) is 11.6 Å². The van der Waals surface area contributed by atoms with Gasteiger partial charge in [0.2, 0.25) is 0 Å². The van der Waals surface area contributed by atoms with Crippen molar-refractivity contribution in [1.82, 2.24) is 4.98 Å². The Labute approximate surface area is 110 Å². The Hall–Kier alpha value is -0.610. The molecule has 1 aliphatic carbocycles. The Kier molecular flexibility index (Phi) is 3.09. The molecular weight excluding hydrogens is 256 g/mol. The van der Waals surface area contributed by atoms with E-state index in [-0.39, 0.29) is 11.7 Å². The van der Waals surface area contributed by atoms with Crippen LogP contribution in [0.5, 0.6) is 0 Å². The molecule has 0 N–H and O–H groups in total. The van der Waals surface area contributed by atoms with Crippen LogP contribution in [-0.4, -0.2) is 29.7 Å². The number of alkyl halides is 1. The number of thiazole rings is 1. The van der Waals surface area contributed by atoms with Gasteiger partial charge in [0.1, 0.15) is 5.69 Å². The Morgan fingerprint density at radius 2 is 2.18 bits per heavy atom. The van der Waals surface area contributed by atoms with Crippen LogP contribution in [0.3, 0.4) is 0 Å². The zero-order chi connectivity index (χ0) is 11.8. The summed E-state index contributed by atoms with van der Waals surface area (Å²) in [5.41, 5.74) is 0.525. The fourth-order valence-corrected chi connectivity index (χ4v) is 3.98. The van der Waals surface area contributed by atoms with Crippen molar-refractivity contribution in [2.24, 2.45) is 11.8 Å². The van der Waals surface area contributed by atoms with E-state index in [0.717, 1.165) is 30.1 Å². The molecule has 1 aliphatic heterocycles. The van der Waals surface area contributed by atoms with Crippen molar-refractivity contribution < 1.29 is 4.79 Å². The number of anilines is 1. The van der Waals surface area contributed by atoms with Crippen LogP contribution in [0.2, 0.25) is 0 Å². The number of nitrogens with zero attached hydrogens (tertiary/aromatic N) is 2. The topological polar surface area (TPSA) is 33.2 Å². The van der Waals surface area contributed by atoms with E-state index in [0.29, 0.717) is 5.69 Å². The SMILES string of the molecule is O=C(CCl)c1csc(N2CC3CCCC3C2)n1. The number of hydrogen-bond donors (Lipinski definition) is 0. The molecule has 5 heteroatoms. The quantitative estimate of drug-likeness (QED) is 0.626. The number of fused-ring (bicyclic) bond motifs is 1. The number of rotatable bonds is 3. The van der Waals surface area contributed by atoms with Crippen molar-refractivity contribution in [3.8, 4) is 0 Å². The molecule has 0 radical (unpaired) electrons. The summed E-state index contributed by atoms with van der Waals surface area (Å²) >= 11 is 7.10. The van der Waals surface area contributed by atoms with E-state index >= 15 is 0 Å². The minimum atomic E-state index is -0.0754. The van der Waals surface area contributed by atoms with Crippen LogP contribution in [0.25, 0.3) is 0 Å². The maximum atomic E-state index is 11.4. The highest BCUT2D eigenvalue weighted by atomic mass is 35.5. The van der Waals surface area contributed by atoms with Gasteiger partial charge in [-0.25, -0.2) is 4.98 Å². The summed E-state index contributed by atoms with van der Waals surface area (Å²) in [6.45, 7) is 2.24. The van der Waals surface area contributed by atoms with E-state index in [1.165, 1.54) is 19.3 Å². The summed E-state index contributed by atoms with van der Waals surface area (Å²) in [5, 5.41) is 2.82. The minimum Gasteiger partial charge on any atom is -0.348 e. The maximum Gasteiger partial charge on any atom is 0.196 e. The van der Waals surface area contributed by atoms with Gasteiger partial charge in [0.15, 0.2) is 10.9 Å². The largest absolute Gasteiger partial charge is 0.348 e. The molecule has 0 amide bonds. The number of carbonyl (C=O) groups is 1. The molecule has 1 saturated heterocycles. The third-order valence-electron chi connectivity index (χ3n) is 3.90. The number of aromatic nitrogens is 1. The molecule has 3 rings (SSSR count). The van der Waals surface area contributed by atoms with Crippen molar-refractivity contribution in [3.63, 3.8) is 0 Å². The van der Waals surface area contributed by atoms with Gasteiger partial charge in [-0.1, -0.05) is 6.42 Å². The standard InChI is InChI=1S/C12H15ClN2OS/c13-4-11(16)10-7-17-12(14-10)15-5-8-2-1-3-9(8)6-15/h7-9H,1-6H2. The summed E-state index contributed by atoms with van der Waals surface area (Å²) in [6.07, 6.45) is 4.11. The van der Waals surface area contributed by atoms with Crippen molar-refractivity contribution in [1.29, 1.82) is 0 Å². The van der Waals surface area contributed by atoms with Gasteiger partial charge in [0.05, 0.1) is 5.88 Å². The number of Topliss-reactive ketones (excluding diaryl/α,β-unsaturated/α-hetero) is 1. The van der Waals surface area contributed by atoms with E-state index in [9.17, 15) is 4.79 Å². The first-order valence-corrected chi connectivity index (χ1v) is 7.49. The van der Waals surface area contributed by atoms with Gasteiger partial charge >= 0.3 is 0 Å². The summed E-state index contributed by atoms with van der Waals surface area (Å²) in [4.78, 5) is 18.2. The first-order valence-electron chi connectivity index (χ1n) is 6.07. The molecule has 92 valence electrons. The van der Waals surface area contributed by atoms with Crippen LogP contribution in [0.15, 0.2) is 5.38 Å². The summed E-state index contributed by atoms with van der Waals surface area (Å²) < 4.78 is 0. The molecule has 1 saturated carbocycles. The van der Waals surface area contributed by atoms with Crippen LogP contribution in [0.4, 0.5) is 5.13 Å². The highest BCUT2D eigenvalue weighted by Gasteiger charge is 2.37. The summed E-state index contributed by atoms with van der Waals surface area (Å²) in [6, 6.07) is 0. The van der Waals surface area contributed by atoms with Gasteiger partial charge < -0.3 is 4.90 Å². The van der Waals surface area contributed by atoms with E-state index in [1.54, 1.807) is 11.3 Å². The number of carbonyl (C=O) groups excluding carboxylic acids is 1. The maximum absolute atomic E-state index is 11.4. The summed E-state index contributed by atoms with van der Waals surface area (Å²) in [5.74, 6) is 1.65. The lowest BCUT2D eigenvalue weighted by Crippen LogP contribution is -2.20. The first kappa shape index (κ1) is 11.5. The smallest absolute Gasteiger partial charge is 0.196 e. The second kappa shape index (κ2) is 4.58. The first-order chi connectivity index (χ1) is 8.28. The molecule has 3 nitrogen and oxygen atoms in total. The zero-order valence-electron chi connectivity index (χ0n) is 9.56. The zero-order valence-corrected chi connectivity index (χ0v) is 11.1. The molecule has 1 aromatic rings. The minimum absolute atomic E-state index is 0.0222. The Balaban J connectivity index is 1.73. The molecular formula is C12H15ClN2OS. The molecule has 2 unspecified atom stereocenters. The number of ketones is 1. The van der Waals surface area contributed by atoms with Gasteiger partial charge in [0.25, 0.3) is 0 Å². The monoisotopic (exact) mass is 270 g/mol. The molecule has 0 spiro atoms. The van der Waals surface area contributed by atoms with E-state index in [2.05, 4.69) is 9.88 Å². The van der Waals surface area contributed by atoms with E-state index < -0.39 is 0 Å². The fourth-order valence-electron chi connectivity index (χ4n) is 3.00. The molecule has 1 aromatic heterocycles. The lowest BCUT2D eigenvalue weighted by atomic mass is 10.0. The van der Waals surface area contributed by atoms with Crippen LogP contribution in [0, 0.1) is 11.8 Å². The van der Waals surface area contributed by atoms with Crippen LogP contribution in [0.1, 0.15) is 29.8 Å². The number of halogens is 1. The molecule has 2 atom stereocenters. The fraction of sp³-hybridized carbons (Fsp3) is 0.667. The number of hydrogen-bond acceptors (Lipinski definition) is 4. The Morgan fingerprint density at radius 3 is 2.82 bits per heavy atom. The Morgan fingerprint density at radius 1 is 1.47 bits per heavy atom. The molecule has 2 heterocycles. The van der Waals surface area contributed by atoms with E-state index in [1.807, 2.05) is 5.38 Å². The van der Waals surface area contributed by atoms with Gasteiger partial charge in [-0.3, -0.25) is 4.79 Å². The van der Waals surface area contributed by atoms with Crippen LogP contribution >= 0.6 is 22.9 Å². The molecule has 17 heavy (non-hydrogen) atoms. The van der Waals surface area contributed by atoms with Crippen molar-refractivity contribution in [3.05, 3.63) is 11.1 Å². The Bertz CT molecular complexity index is 422. The molecule has 0 bridgehead atoms. The third kappa shape index (κ3) is 2.08. The van der Waals surface area contributed by atoms with Gasteiger partial charge in [-0.2, -0.15) is 0 Å². The average Bonchev–Trinajstić information content (AvgIpc) is 3.00.